The maximum absolute atomic E-state index is 12.1. The Kier molecular flexibility index (Phi) is 4.26. The number of rotatable bonds is 4. The quantitative estimate of drug-likeness (QED) is 0.782. The summed E-state index contributed by atoms with van der Waals surface area (Å²) in [6, 6.07) is 0.872. The normalized spacial score (nSPS) is 24.8. The average molecular weight is 239 g/mol. The molecule has 0 radical (unpaired) electrons. The molecule has 1 atom stereocenters. The van der Waals surface area contributed by atoms with Crippen LogP contribution in [-0.4, -0.2) is 42.6 Å². The van der Waals surface area contributed by atoms with E-state index >= 15 is 0 Å². The number of amides is 2. The van der Waals surface area contributed by atoms with Crippen LogP contribution in [0.15, 0.2) is 0 Å². The number of nitrogens with one attached hydrogen (secondary N) is 2. The topological polar surface area (TPSA) is 44.4 Å². The van der Waals surface area contributed by atoms with E-state index in [0.717, 1.165) is 19.6 Å². The largest absolute Gasteiger partial charge is 0.336 e. The average Bonchev–Trinajstić information content (AvgIpc) is 3.10. The highest BCUT2D eigenvalue weighted by molar-refractivity contribution is 5.75. The molecule has 1 saturated carbocycles. The van der Waals surface area contributed by atoms with E-state index in [9.17, 15) is 4.79 Å². The van der Waals surface area contributed by atoms with E-state index in [4.69, 9.17) is 0 Å². The maximum atomic E-state index is 12.1. The highest BCUT2D eigenvalue weighted by Crippen LogP contribution is 2.28. The Bertz CT molecular complexity index is 257. The molecule has 0 bridgehead atoms. The smallest absolute Gasteiger partial charge is 0.317 e. The Morgan fingerprint density at radius 3 is 2.71 bits per heavy atom. The molecule has 4 heteroatoms. The first-order valence-electron chi connectivity index (χ1n) is 6.94. The maximum Gasteiger partial charge on any atom is 0.317 e. The van der Waals surface area contributed by atoms with E-state index in [1.807, 2.05) is 13.8 Å². The second-order valence-electron chi connectivity index (χ2n) is 5.70. The lowest BCUT2D eigenvalue weighted by Gasteiger charge is -2.31. The number of carbonyl (C=O) groups is 1. The fourth-order valence-corrected chi connectivity index (χ4v) is 2.47. The molecule has 1 heterocycles. The molecule has 98 valence electrons. The van der Waals surface area contributed by atoms with Gasteiger partial charge in [0.2, 0.25) is 0 Å². The summed E-state index contributed by atoms with van der Waals surface area (Å²) in [5.74, 6) is 0.641. The fourth-order valence-electron chi connectivity index (χ4n) is 2.47. The molecule has 1 aliphatic carbocycles. The minimum atomic E-state index is 0.132. The Morgan fingerprint density at radius 2 is 2.18 bits per heavy atom. The highest BCUT2D eigenvalue weighted by atomic mass is 16.2. The first-order chi connectivity index (χ1) is 8.16. The van der Waals surface area contributed by atoms with Crippen LogP contribution in [0.5, 0.6) is 0 Å². The molecule has 0 aromatic heterocycles. The first kappa shape index (κ1) is 12.7. The lowest BCUT2D eigenvalue weighted by molar-refractivity contribution is 0.175. The van der Waals surface area contributed by atoms with Crippen molar-refractivity contribution in [3.05, 3.63) is 0 Å². The zero-order valence-electron chi connectivity index (χ0n) is 11.0. The van der Waals surface area contributed by atoms with E-state index < -0.39 is 0 Å². The van der Waals surface area contributed by atoms with Crippen molar-refractivity contribution in [3.8, 4) is 0 Å². The number of piperidine rings is 1. The lowest BCUT2D eigenvalue weighted by atomic mass is 9.99. The molecule has 0 aromatic carbocycles. The van der Waals surface area contributed by atoms with E-state index in [2.05, 4.69) is 15.5 Å². The van der Waals surface area contributed by atoms with Crippen molar-refractivity contribution in [3.63, 3.8) is 0 Å². The van der Waals surface area contributed by atoms with E-state index in [1.165, 1.54) is 25.7 Å². The van der Waals surface area contributed by atoms with Crippen molar-refractivity contribution in [2.24, 2.45) is 5.92 Å². The molecule has 2 N–H and O–H groups in total. The predicted molar refractivity (Wildman–Crippen MR) is 69.0 cm³/mol. The molecule has 0 spiro atoms. The van der Waals surface area contributed by atoms with Gasteiger partial charge in [-0.25, -0.2) is 4.79 Å². The van der Waals surface area contributed by atoms with Gasteiger partial charge in [0.15, 0.2) is 0 Å². The number of urea groups is 1. The summed E-state index contributed by atoms with van der Waals surface area (Å²) < 4.78 is 0. The van der Waals surface area contributed by atoms with Crippen LogP contribution in [0.1, 0.15) is 39.5 Å². The van der Waals surface area contributed by atoms with Gasteiger partial charge in [-0.3, -0.25) is 0 Å². The zero-order chi connectivity index (χ0) is 12.3. The summed E-state index contributed by atoms with van der Waals surface area (Å²) >= 11 is 0. The Labute approximate surface area is 104 Å². The third-order valence-corrected chi connectivity index (χ3v) is 3.51. The number of carbonyl (C=O) groups excluding carboxylic acids is 1. The van der Waals surface area contributed by atoms with Crippen molar-refractivity contribution >= 4 is 6.03 Å². The van der Waals surface area contributed by atoms with Crippen LogP contribution in [0.4, 0.5) is 4.79 Å². The molecule has 1 saturated heterocycles. The SMILES string of the molecule is CC(C)NC(=O)N(CC1CCCNC1)C1CC1. The molecule has 2 aliphatic rings. The molecule has 2 fully saturated rings. The Balaban J connectivity index is 1.85. The third kappa shape index (κ3) is 3.87. The highest BCUT2D eigenvalue weighted by Gasteiger charge is 2.34. The second kappa shape index (κ2) is 5.71. The van der Waals surface area contributed by atoms with Gasteiger partial charge < -0.3 is 15.5 Å². The van der Waals surface area contributed by atoms with Gasteiger partial charge in [-0.15, -0.1) is 0 Å². The zero-order valence-corrected chi connectivity index (χ0v) is 11.0. The summed E-state index contributed by atoms with van der Waals surface area (Å²) in [6.07, 6.45) is 4.87. The summed E-state index contributed by atoms with van der Waals surface area (Å²) in [7, 11) is 0. The van der Waals surface area contributed by atoms with Crippen LogP contribution in [-0.2, 0) is 0 Å². The Morgan fingerprint density at radius 1 is 1.41 bits per heavy atom. The molecule has 2 amide bonds. The predicted octanol–water partition coefficient (Wildman–Crippen LogP) is 1.57. The van der Waals surface area contributed by atoms with Gasteiger partial charge in [-0.1, -0.05) is 0 Å². The number of hydrogen-bond acceptors (Lipinski definition) is 2. The van der Waals surface area contributed by atoms with Crippen molar-refractivity contribution in [1.29, 1.82) is 0 Å². The van der Waals surface area contributed by atoms with Crippen LogP contribution in [0.3, 0.4) is 0 Å². The minimum Gasteiger partial charge on any atom is -0.336 e. The summed E-state index contributed by atoms with van der Waals surface area (Å²) in [6.45, 7) is 7.17. The second-order valence-corrected chi connectivity index (χ2v) is 5.70. The Hall–Kier alpha value is -0.770. The van der Waals surface area contributed by atoms with Crippen molar-refractivity contribution in [2.75, 3.05) is 19.6 Å². The van der Waals surface area contributed by atoms with Crippen molar-refractivity contribution in [2.45, 2.75) is 51.6 Å². The molecular weight excluding hydrogens is 214 g/mol. The number of hydrogen-bond donors (Lipinski definition) is 2. The summed E-state index contributed by atoms with van der Waals surface area (Å²) in [5.41, 5.74) is 0. The standard InChI is InChI=1S/C13H25N3O/c1-10(2)15-13(17)16(12-5-6-12)9-11-4-3-7-14-8-11/h10-12,14H,3-9H2,1-2H3,(H,15,17). The van der Waals surface area contributed by atoms with Gasteiger partial charge in [0.05, 0.1) is 0 Å². The van der Waals surface area contributed by atoms with Crippen molar-refractivity contribution < 1.29 is 4.79 Å². The third-order valence-electron chi connectivity index (χ3n) is 3.51. The monoisotopic (exact) mass is 239 g/mol. The van der Waals surface area contributed by atoms with Gasteiger partial charge in [-0.2, -0.15) is 0 Å². The molecule has 1 unspecified atom stereocenters. The van der Waals surface area contributed by atoms with Gasteiger partial charge in [0, 0.05) is 18.6 Å². The van der Waals surface area contributed by atoms with Crippen molar-refractivity contribution in [1.82, 2.24) is 15.5 Å². The van der Waals surface area contributed by atoms with E-state index in [-0.39, 0.29) is 12.1 Å². The minimum absolute atomic E-state index is 0.132. The van der Waals surface area contributed by atoms with Gasteiger partial charge in [0.25, 0.3) is 0 Å². The van der Waals surface area contributed by atoms with Crippen LogP contribution in [0.25, 0.3) is 0 Å². The molecule has 1 aliphatic heterocycles. The van der Waals surface area contributed by atoms with E-state index in [0.29, 0.717) is 12.0 Å². The first-order valence-corrected chi connectivity index (χ1v) is 6.94. The summed E-state index contributed by atoms with van der Waals surface area (Å²) in [5, 5.41) is 6.44. The van der Waals surface area contributed by atoms with Crippen LogP contribution in [0, 0.1) is 5.92 Å². The van der Waals surface area contributed by atoms with Gasteiger partial charge in [-0.05, 0) is 58.5 Å². The fraction of sp³-hybridized carbons (Fsp3) is 0.923. The van der Waals surface area contributed by atoms with Crippen LogP contribution >= 0.6 is 0 Å². The number of nitrogens with zero attached hydrogens (tertiary/aromatic N) is 1. The molecule has 0 aromatic rings. The lowest BCUT2D eigenvalue weighted by Crippen LogP contribution is -2.48. The molecular formula is C13H25N3O. The molecule has 17 heavy (non-hydrogen) atoms. The summed E-state index contributed by atoms with van der Waals surface area (Å²) in [4.78, 5) is 14.2. The van der Waals surface area contributed by atoms with Crippen LogP contribution in [0.2, 0.25) is 0 Å². The van der Waals surface area contributed by atoms with E-state index in [1.54, 1.807) is 0 Å². The van der Waals surface area contributed by atoms with Gasteiger partial charge in [0.1, 0.15) is 0 Å². The van der Waals surface area contributed by atoms with Crippen LogP contribution < -0.4 is 10.6 Å². The molecule has 2 rings (SSSR count). The molecule has 4 nitrogen and oxygen atoms in total. The van der Waals surface area contributed by atoms with Gasteiger partial charge >= 0.3 is 6.03 Å².